The number of nitrogens with zero attached hydrogens (tertiary/aromatic N) is 1. The molecule has 1 aromatic heterocycles. The van der Waals surface area contributed by atoms with Gasteiger partial charge in [0.2, 0.25) is 0 Å². The maximum atomic E-state index is 13.5. The highest BCUT2D eigenvalue weighted by atomic mass is 19.1. The average Bonchev–Trinajstić information content (AvgIpc) is 2.49. The topological polar surface area (TPSA) is 50.2 Å². The summed E-state index contributed by atoms with van der Waals surface area (Å²) in [5.74, 6) is -1.55. The number of fused-ring (bicyclic) bond motifs is 1. The first kappa shape index (κ1) is 15.2. The van der Waals surface area contributed by atoms with Crippen LogP contribution in [0.25, 0.3) is 22.2 Å². The van der Waals surface area contributed by atoms with Crippen LogP contribution in [0.15, 0.2) is 36.4 Å². The highest BCUT2D eigenvalue weighted by Gasteiger charge is 2.19. The van der Waals surface area contributed by atoms with Gasteiger partial charge in [-0.2, -0.15) is 0 Å². The summed E-state index contributed by atoms with van der Waals surface area (Å²) in [6.45, 7) is 5.74. The largest absolute Gasteiger partial charge is 0.478 e. The zero-order valence-corrected chi connectivity index (χ0v) is 13.1. The number of halogens is 1. The first-order valence-electron chi connectivity index (χ1n) is 7.29. The molecule has 23 heavy (non-hydrogen) atoms. The molecule has 3 nitrogen and oxygen atoms in total. The minimum Gasteiger partial charge on any atom is -0.478 e. The van der Waals surface area contributed by atoms with E-state index in [1.165, 1.54) is 18.2 Å². The lowest BCUT2D eigenvalue weighted by Gasteiger charge is -2.13. The molecule has 116 valence electrons. The molecule has 0 unspecified atom stereocenters. The molecule has 0 radical (unpaired) electrons. The van der Waals surface area contributed by atoms with Gasteiger partial charge >= 0.3 is 5.97 Å². The molecule has 0 saturated carbocycles. The van der Waals surface area contributed by atoms with Crippen LogP contribution in [0.2, 0.25) is 0 Å². The number of carboxylic acid groups (broad SMARTS) is 1. The van der Waals surface area contributed by atoms with Crippen molar-refractivity contribution in [2.75, 3.05) is 0 Å². The number of rotatable bonds is 2. The van der Waals surface area contributed by atoms with Crippen molar-refractivity contribution >= 4 is 16.9 Å². The Bertz CT molecular complexity index is 948. The van der Waals surface area contributed by atoms with Crippen LogP contribution >= 0.6 is 0 Å². The Balaban J connectivity index is 2.38. The van der Waals surface area contributed by atoms with Crippen LogP contribution in [0.5, 0.6) is 0 Å². The smallest absolute Gasteiger partial charge is 0.336 e. The fourth-order valence-electron chi connectivity index (χ4n) is 2.78. The van der Waals surface area contributed by atoms with Crippen molar-refractivity contribution in [1.29, 1.82) is 0 Å². The van der Waals surface area contributed by atoms with Gasteiger partial charge in [0.1, 0.15) is 5.82 Å². The molecule has 4 heteroatoms. The highest BCUT2D eigenvalue weighted by molar-refractivity contribution is 6.05. The van der Waals surface area contributed by atoms with Gasteiger partial charge in [0, 0.05) is 10.9 Å². The van der Waals surface area contributed by atoms with Crippen LogP contribution in [0, 0.1) is 26.6 Å². The number of aryl methyl sites for hydroxylation is 2. The summed E-state index contributed by atoms with van der Waals surface area (Å²) in [6.07, 6.45) is 0. The number of aromatic nitrogens is 1. The predicted octanol–water partition coefficient (Wildman–Crippen LogP) is 4.66. The first-order valence-corrected chi connectivity index (χ1v) is 7.29. The lowest BCUT2D eigenvalue weighted by atomic mass is 9.96. The molecule has 0 spiro atoms. The van der Waals surface area contributed by atoms with Crippen molar-refractivity contribution in [3.63, 3.8) is 0 Å². The van der Waals surface area contributed by atoms with Crippen LogP contribution in [0.3, 0.4) is 0 Å². The Hall–Kier alpha value is -2.75. The molecule has 0 fully saturated rings. The monoisotopic (exact) mass is 309 g/mol. The van der Waals surface area contributed by atoms with E-state index in [4.69, 9.17) is 0 Å². The van der Waals surface area contributed by atoms with Gasteiger partial charge in [-0.1, -0.05) is 12.1 Å². The maximum absolute atomic E-state index is 13.5. The van der Waals surface area contributed by atoms with Gasteiger partial charge in [0.05, 0.1) is 16.8 Å². The summed E-state index contributed by atoms with van der Waals surface area (Å²) in [5, 5.41) is 9.90. The van der Waals surface area contributed by atoms with E-state index >= 15 is 0 Å². The molecule has 0 aliphatic carbocycles. The van der Waals surface area contributed by atoms with E-state index in [9.17, 15) is 14.3 Å². The molecule has 1 heterocycles. The maximum Gasteiger partial charge on any atom is 0.336 e. The third-order valence-electron chi connectivity index (χ3n) is 4.18. The Morgan fingerprint density at radius 2 is 1.78 bits per heavy atom. The van der Waals surface area contributed by atoms with Gasteiger partial charge < -0.3 is 5.11 Å². The molecule has 0 amide bonds. The van der Waals surface area contributed by atoms with Crippen LogP contribution in [-0.4, -0.2) is 16.1 Å². The third kappa shape index (κ3) is 2.57. The Kier molecular flexibility index (Phi) is 3.60. The van der Waals surface area contributed by atoms with Crippen LogP contribution in [-0.2, 0) is 0 Å². The van der Waals surface area contributed by atoms with E-state index in [0.29, 0.717) is 22.2 Å². The van der Waals surface area contributed by atoms with Crippen LogP contribution in [0.4, 0.5) is 4.39 Å². The van der Waals surface area contributed by atoms with Crippen molar-refractivity contribution in [3.8, 4) is 11.3 Å². The van der Waals surface area contributed by atoms with Gasteiger partial charge in [-0.05, 0) is 61.7 Å². The fraction of sp³-hybridized carbons (Fsp3) is 0.158. The van der Waals surface area contributed by atoms with Gasteiger partial charge in [-0.15, -0.1) is 0 Å². The van der Waals surface area contributed by atoms with E-state index in [0.717, 1.165) is 16.7 Å². The molecule has 2 aromatic carbocycles. The summed E-state index contributed by atoms with van der Waals surface area (Å²) in [6, 6.07) is 9.94. The van der Waals surface area contributed by atoms with E-state index in [-0.39, 0.29) is 5.56 Å². The van der Waals surface area contributed by atoms with Crippen molar-refractivity contribution in [1.82, 2.24) is 4.98 Å². The SMILES string of the molecule is Cc1ccc(-c2nc3ccc(F)cc3c(C(=O)O)c2C)cc1C. The molecular formula is C19H16FNO2. The second kappa shape index (κ2) is 5.47. The lowest BCUT2D eigenvalue weighted by Crippen LogP contribution is -2.05. The number of pyridine rings is 1. The molecule has 0 aliphatic heterocycles. The predicted molar refractivity (Wildman–Crippen MR) is 88.3 cm³/mol. The highest BCUT2D eigenvalue weighted by Crippen LogP contribution is 2.31. The van der Waals surface area contributed by atoms with E-state index in [2.05, 4.69) is 4.98 Å². The second-order valence-corrected chi connectivity index (χ2v) is 5.73. The molecular weight excluding hydrogens is 293 g/mol. The van der Waals surface area contributed by atoms with Crippen LogP contribution < -0.4 is 0 Å². The van der Waals surface area contributed by atoms with Gasteiger partial charge in [-0.25, -0.2) is 14.2 Å². The summed E-state index contributed by atoms with van der Waals surface area (Å²) in [7, 11) is 0. The van der Waals surface area contributed by atoms with Gasteiger partial charge in [0.15, 0.2) is 0 Å². The van der Waals surface area contributed by atoms with E-state index in [1.807, 2.05) is 32.0 Å². The zero-order chi connectivity index (χ0) is 16.7. The number of aromatic carboxylic acids is 1. The van der Waals surface area contributed by atoms with Crippen molar-refractivity contribution < 1.29 is 14.3 Å². The number of carboxylic acids is 1. The van der Waals surface area contributed by atoms with Gasteiger partial charge in [-0.3, -0.25) is 0 Å². The minimum absolute atomic E-state index is 0.0997. The fourth-order valence-corrected chi connectivity index (χ4v) is 2.78. The summed E-state index contributed by atoms with van der Waals surface area (Å²) in [5.41, 5.74) is 4.86. The van der Waals surface area contributed by atoms with Gasteiger partial charge in [0.25, 0.3) is 0 Å². The van der Waals surface area contributed by atoms with E-state index in [1.54, 1.807) is 6.92 Å². The number of hydrogen-bond acceptors (Lipinski definition) is 2. The Morgan fingerprint density at radius 1 is 1.04 bits per heavy atom. The normalized spacial score (nSPS) is 11.0. The third-order valence-corrected chi connectivity index (χ3v) is 4.18. The second-order valence-electron chi connectivity index (χ2n) is 5.73. The van der Waals surface area contributed by atoms with Crippen molar-refractivity contribution in [3.05, 3.63) is 64.5 Å². The summed E-state index contributed by atoms with van der Waals surface area (Å²) in [4.78, 5) is 16.3. The van der Waals surface area contributed by atoms with E-state index < -0.39 is 11.8 Å². The number of benzene rings is 2. The zero-order valence-electron chi connectivity index (χ0n) is 13.1. The van der Waals surface area contributed by atoms with Crippen molar-refractivity contribution in [2.24, 2.45) is 0 Å². The number of hydrogen-bond donors (Lipinski definition) is 1. The first-order chi connectivity index (χ1) is 10.9. The van der Waals surface area contributed by atoms with Crippen molar-refractivity contribution in [2.45, 2.75) is 20.8 Å². The molecule has 0 saturated heterocycles. The Morgan fingerprint density at radius 3 is 2.43 bits per heavy atom. The molecule has 0 aliphatic rings. The minimum atomic E-state index is -1.08. The number of carbonyl (C=O) groups is 1. The standard InChI is InChI=1S/C19H16FNO2/c1-10-4-5-13(8-11(10)2)18-12(3)17(19(22)23)15-9-14(20)6-7-16(15)21-18/h4-9H,1-3H3,(H,22,23). The quantitative estimate of drug-likeness (QED) is 0.748. The molecule has 3 rings (SSSR count). The summed E-state index contributed by atoms with van der Waals surface area (Å²) < 4.78 is 13.5. The lowest BCUT2D eigenvalue weighted by molar-refractivity contribution is 0.0698. The average molecular weight is 309 g/mol. The summed E-state index contributed by atoms with van der Waals surface area (Å²) >= 11 is 0. The molecule has 0 bridgehead atoms. The molecule has 3 aromatic rings. The van der Waals surface area contributed by atoms with Crippen LogP contribution in [0.1, 0.15) is 27.0 Å². The molecule has 0 atom stereocenters. The Labute approximate surface area is 133 Å². The molecule has 1 N–H and O–H groups in total.